The highest BCUT2D eigenvalue weighted by Gasteiger charge is 2.30. The molecule has 1 N–H and O–H groups in total. The van der Waals surface area contributed by atoms with Crippen molar-refractivity contribution in [2.75, 3.05) is 37.2 Å². The number of sulfonamides is 1. The van der Waals surface area contributed by atoms with Crippen molar-refractivity contribution in [1.29, 1.82) is 0 Å². The minimum atomic E-state index is -3.75. The summed E-state index contributed by atoms with van der Waals surface area (Å²) in [5.41, 5.74) is 0.694. The molecule has 9 heteroatoms. The van der Waals surface area contributed by atoms with E-state index in [1.54, 1.807) is 42.5 Å². The third kappa shape index (κ3) is 4.86. The second-order valence-corrected chi connectivity index (χ2v) is 7.85. The van der Waals surface area contributed by atoms with Gasteiger partial charge in [-0.05, 0) is 31.2 Å². The maximum absolute atomic E-state index is 12.9. The van der Waals surface area contributed by atoms with Crippen LogP contribution < -0.4 is 23.8 Å². The fourth-order valence-corrected chi connectivity index (χ4v) is 3.87. The lowest BCUT2D eigenvalue weighted by atomic mass is 10.2. The number of carbonyl (C=O) groups is 1. The van der Waals surface area contributed by atoms with Crippen LogP contribution in [0, 0.1) is 0 Å². The molecule has 0 aromatic heterocycles. The number of hydrogen-bond donors (Lipinski definition) is 1. The summed E-state index contributed by atoms with van der Waals surface area (Å²) in [5.74, 6) is 0.901. The van der Waals surface area contributed by atoms with E-state index >= 15 is 0 Å². The van der Waals surface area contributed by atoms with Crippen LogP contribution in [0.1, 0.15) is 6.92 Å². The van der Waals surface area contributed by atoms with E-state index in [9.17, 15) is 13.2 Å². The molecule has 0 fully saturated rings. The number of carbonyl (C=O) groups excluding carboxylic acids is 1. The van der Waals surface area contributed by atoms with Gasteiger partial charge in [-0.1, -0.05) is 6.07 Å². The van der Waals surface area contributed by atoms with Crippen molar-refractivity contribution in [2.24, 2.45) is 0 Å². The molecule has 0 aliphatic heterocycles. The van der Waals surface area contributed by atoms with Gasteiger partial charge >= 0.3 is 0 Å². The van der Waals surface area contributed by atoms with E-state index in [1.165, 1.54) is 28.3 Å². The number of anilines is 2. The first-order chi connectivity index (χ1) is 13.2. The van der Waals surface area contributed by atoms with Gasteiger partial charge in [0.15, 0.2) is 0 Å². The Kier molecular flexibility index (Phi) is 6.74. The van der Waals surface area contributed by atoms with E-state index in [1.807, 2.05) is 0 Å². The number of ether oxygens (including phenoxy) is 3. The van der Waals surface area contributed by atoms with Crippen molar-refractivity contribution in [2.45, 2.75) is 13.0 Å². The highest BCUT2D eigenvalue weighted by Crippen LogP contribution is 2.30. The predicted octanol–water partition coefficient (Wildman–Crippen LogP) is 2.51. The molecular weight excluding hydrogens is 384 g/mol. The van der Waals surface area contributed by atoms with Crippen LogP contribution in [-0.4, -0.2) is 48.0 Å². The molecule has 1 unspecified atom stereocenters. The van der Waals surface area contributed by atoms with Crippen molar-refractivity contribution in [1.82, 2.24) is 0 Å². The molecule has 0 saturated carbocycles. The van der Waals surface area contributed by atoms with Gasteiger partial charge in [0.2, 0.25) is 15.9 Å². The van der Waals surface area contributed by atoms with E-state index < -0.39 is 22.0 Å². The first kappa shape index (κ1) is 21.4. The first-order valence-electron chi connectivity index (χ1n) is 8.37. The van der Waals surface area contributed by atoms with Crippen LogP contribution in [0.15, 0.2) is 42.5 Å². The van der Waals surface area contributed by atoms with Gasteiger partial charge in [-0.3, -0.25) is 9.10 Å². The molecule has 28 heavy (non-hydrogen) atoms. The Morgan fingerprint density at radius 1 is 1.00 bits per heavy atom. The number of nitrogens with one attached hydrogen (secondary N) is 1. The molecule has 152 valence electrons. The molecule has 0 heterocycles. The molecule has 1 atom stereocenters. The topological polar surface area (TPSA) is 94.2 Å². The van der Waals surface area contributed by atoms with E-state index in [2.05, 4.69) is 5.32 Å². The minimum Gasteiger partial charge on any atom is -0.497 e. The van der Waals surface area contributed by atoms with Gasteiger partial charge in [-0.25, -0.2) is 8.42 Å². The maximum Gasteiger partial charge on any atom is 0.248 e. The van der Waals surface area contributed by atoms with Crippen molar-refractivity contribution in [3.05, 3.63) is 42.5 Å². The third-order valence-corrected chi connectivity index (χ3v) is 5.30. The normalized spacial score (nSPS) is 12.0. The maximum atomic E-state index is 12.9. The van der Waals surface area contributed by atoms with E-state index in [0.717, 1.165) is 10.6 Å². The summed E-state index contributed by atoms with van der Waals surface area (Å²) in [6.45, 7) is 1.50. The fourth-order valence-electron chi connectivity index (χ4n) is 2.71. The second-order valence-electron chi connectivity index (χ2n) is 5.99. The van der Waals surface area contributed by atoms with Crippen LogP contribution in [-0.2, 0) is 14.8 Å². The zero-order chi connectivity index (χ0) is 20.9. The third-order valence-electron chi connectivity index (χ3n) is 4.06. The lowest BCUT2D eigenvalue weighted by Gasteiger charge is -2.28. The van der Waals surface area contributed by atoms with Crippen molar-refractivity contribution in [3.63, 3.8) is 0 Å². The number of hydrogen-bond acceptors (Lipinski definition) is 6. The van der Waals surface area contributed by atoms with Crippen LogP contribution in [0.5, 0.6) is 17.2 Å². The van der Waals surface area contributed by atoms with Crippen LogP contribution in [0.4, 0.5) is 11.4 Å². The molecule has 0 saturated heterocycles. The summed E-state index contributed by atoms with van der Waals surface area (Å²) >= 11 is 0. The average Bonchev–Trinajstić information content (AvgIpc) is 2.66. The SMILES string of the molecule is COc1cccc(N(C(C)C(=O)Nc2cc(OC)ccc2OC)S(C)(=O)=O)c1. The Morgan fingerprint density at radius 2 is 1.64 bits per heavy atom. The monoisotopic (exact) mass is 408 g/mol. The standard InChI is InChI=1S/C19H24N2O6S/c1-13(19(22)20-17-12-16(26-3)9-10-18(17)27-4)21(28(5,23)24)14-7-6-8-15(11-14)25-2/h6-13H,1-5H3,(H,20,22). The zero-order valence-corrected chi connectivity index (χ0v) is 17.2. The van der Waals surface area contributed by atoms with Gasteiger partial charge in [-0.15, -0.1) is 0 Å². The van der Waals surface area contributed by atoms with Gasteiger partial charge in [0.1, 0.15) is 23.3 Å². The van der Waals surface area contributed by atoms with E-state index in [-0.39, 0.29) is 0 Å². The Hall–Kier alpha value is -2.94. The Bertz CT molecular complexity index is 945. The van der Waals surface area contributed by atoms with Crippen molar-refractivity contribution >= 4 is 27.3 Å². The Labute approximate surface area is 165 Å². The Morgan fingerprint density at radius 3 is 2.21 bits per heavy atom. The lowest BCUT2D eigenvalue weighted by molar-refractivity contribution is -0.116. The summed E-state index contributed by atoms with van der Waals surface area (Å²) in [5, 5.41) is 2.71. The van der Waals surface area contributed by atoms with Gasteiger partial charge < -0.3 is 19.5 Å². The van der Waals surface area contributed by atoms with E-state index in [4.69, 9.17) is 14.2 Å². The molecule has 0 bridgehead atoms. The number of benzene rings is 2. The average molecular weight is 408 g/mol. The Balaban J connectivity index is 2.37. The van der Waals surface area contributed by atoms with Gasteiger partial charge in [0.25, 0.3) is 0 Å². The number of methoxy groups -OCH3 is 3. The smallest absolute Gasteiger partial charge is 0.248 e. The van der Waals surface area contributed by atoms with E-state index in [0.29, 0.717) is 28.6 Å². The molecule has 2 aromatic carbocycles. The van der Waals surface area contributed by atoms with Crippen LogP contribution in [0.2, 0.25) is 0 Å². The summed E-state index contributed by atoms with van der Waals surface area (Å²) in [6.07, 6.45) is 1.04. The quantitative estimate of drug-likeness (QED) is 0.721. The molecule has 0 aliphatic rings. The summed E-state index contributed by atoms with van der Waals surface area (Å²) in [7, 11) is 0.711. The fraction of sp³-hybridized carbons (Fsp3) is 0.316. The van der Waals surface area contributed by atoms with Crippen LogP contribution in [0.25, 0.3) is 0 Å². The molecule has 0 radical (unpaired) electrons. The minimum absolute atomic E-state index is 0.321. The predicted molar refractivity (Wildman–Crippen MR) is 108 cm³/mol. The molecule has 2 aromatic rings. The lowest BCUT2D eigenvalue weighted by Crippen LogP contribution is -2.45. The molecule has 1 amide bonds. The number of rotatable bonds is 8. The molecule has 2 rings (SSSR count). The summed E-state index contributed by atoms with van der Waals surface area (Å²) in [4.78, 5) is 12.9. The summed E-state index contributed by atoms with van der Waals surface area (Å²) in [6, 6.07) is 10.4. The van der Waals surface area contributed by atoms with Gasteiger partial charge in [0.05, 0.1) is 39.0 Å². The van der Waals surface area contributed by atoms with Crippen LogP contribution >= 0.6 is 0 Å². The molecule has 8 nitrogen and oxygen atoms in total. The van der Waals surface area contributed by atoms with Crippen LogP contribution in [0.3, 0.4) is 0 Å². The highest BCUT2D eigenvalue weighted by atomic mass is 32.2. The molecule has 0 aliphatic carbocycles. The number of amides is 1. The first-order valence-corrected chi connectivity index (χ1v) is 10.2. The van der Waals surface area contributed by atoms with Gasteiger partial charge in [-0.2, -0.15) is 0 Å². The number of nitrogens with zero attached hydrogens (tertiary/aromatic N) is 1. The van der Waals surface area contributed by atoms with Gasteiger partial charge in [0, 0.05) is 12.1 Å². The largest absolute Gasteiger partial charge is 0.497 e. The molecular formula is C19H24N2O6S. The second kappa shape index (κ2) is 8.83. The summed E-state index contributed by atoms with van der Waals surface area (Å²) < 4.78 is 41.4. The van der Waals surface area contributed by atoms with Crippen molar-refractivity contribution < 1.29 is 27.4 Å². The molecule has 0 spiro atoms. The van der Waals surface area contributed by atoms with Crippen molar-refractivity contribution in [3.8, 4) is 17.2 Å². The highest BCUT2D eigenvalue weighted by molar-refractivity contribution is 7.92. The zero-order valence-electron chi connectivity index (χ0n) is 16.4.